The third-order valence-corrected chi connectivity index (χ3v) is 3.65. The molecule has 18 heavy (non-hydrogen) atoms. The van der Waals surface area contributed by atoms with Crippen molar-refractivity contribution < 1.29 is 14.7 Å². The van der Waals surface area contributed by atoms with Crippen molar-refractivity contribution in [2.24, 2.45) is 0 Å². The number of nitrogens with one attached hydrogen (secondary N) is 1. The number of rotatable bonds is 7. The molecule has 0 aliphatic rings. The SMILES string of the molecule is O=CNC(CSCc1cnc(Cl)cc1Cl)C(=O)O. The first-order chi connectivity index (χ1) is 8.54. The standard InChI is InChI=1S/C10H10Cl2N2O3S/c11-7-1-9(12)13-2-6(7)3-18-4-8(10(16)17)14-5-15/h1-2,5,8H,3-4H2,(H,14,15)(H,16,17). The number of nitrogens with zero attached hydrogens (tertiary/aromatic N) is 1. The van der Waals surface area contributed by atoms with E-state index in [1.165, 1.54) is 17.8 Å². The molecule has 5 nitrogen and oxygen atoms in total. The van der Waals surface area contributed by atoms with E-state index in [1.54, 1.807) is 6.20 Å². The van der Waals surface area contributed by atoms with Crippen LogP contribution in [0.15, 0.2) is 12.3 Å². The molecule has 1 unspecified atom stereocenters. The summed E-state index contributed by atoms with van der Waals surface area (Å²) in [5, 5.41) is 11.8. The lowest BCUT2D eigenvalue weighted by Gasteiger charge is -2.10. The van der Waals surface area contributed by atoms with Crippen LogP contribution in [-0.4, -0.2) is 34.3 Å². The number of pyridine rings is 1. The van der Waals surface area contributed by atoms with Crippen molar-refractivity contribution in [2.45, 2.75) is 11.8 Å². The Kier molecular flexibility index (Phi) is 6.24. The van der Waals surface area contributed by atoms with Gasteiger partial charge in [-0.25, -0.2) is 9.78 Å². The molecule has 98 valence electrons. The van der Waals surface area contributed by atoms with Gasteiger partial charge in [0.2, 0.25) is 6.41 Å². The lowest BCUT2D eigenvalue weighted by atomic mass is 10.3. The van der Waals surface area contributed by atoms with Crippen LogP contribution in [0.25, 0.3) is 0 Å². The summed E-state index contributed by atoms with van der Waals surface area (Å²) in [6, 6.07) is 0.615. The molecule has 0 saturated carbocycles. The van der Waals surface area contributed by atoms with Crippen molar-refractivity contribution in [1.82, 2.24) is 10.3 Å². The normalized spacial score (nSPS) is 11.9. The van der Waals surface area contributed by atoms with Crippen LogP contribution >= 0.6 is 35.0 Å². The van der Waals surface area contributed by atoms with Crippen molar-refractivity contribution >= 4 is 47.3 Å². The maximum Gasteiger partial charge on any atom is 0.327 e. The average molecular weight is 309 g/mol. The Labute approximate surface area is 118 Å². The molecule has 0 fully saturated rings. The highest BCUT2D eigenvalue weighted by atomic mass is 35.5. The van der Waals surface area contributed by atoms with Crippen molar-refractivity contribution in [2.75, 3.05) is 5.75 Å². The number of halogens is 2. The number of amides is 1. The topological polar surface area (TPSA) is 79.3 Å². The van der Waals surface area contributed by atoms with E-state index in [2.05, 4.69) is 10.3 Å². The second-order valence-corrected chi connectivity index (χ2v) is 5.11. The molecule has 1 atom stereocenters. The molecule has 1 heterocycles. The van der Waals surface area contributed by atoms with E-state index in [-0.39, 0.29) is 5.75 Å². The molecule has 1 aromatic heterocycles. The van der Waals surface area contributed by atoms with Crippen LogP contribution in [0.2, 0.25) is 10.2 Å². The predicted molar refractivity (Wildman–Crippen MR) is 71.0 cm³/mol. The van der Waals surface area contributed by atoms with Gasteiger partial charge in [-0.05, 0) is 11.6 Å². The zero-order valence-electron chi connectivity index (χ0n) is 9.10. The quantitative estimate of drug-likeness (QED) is 0.593. The van der Waals surface area contributed by atoms with Crippen molar-refractivity contribution in [3.05, 3.63) is 28.0 Å². The Morgan fingerprint density at radius 3 is 2.89 bits per heavy atom. The van der Waals surface area contributed by atoms with Gasteiger partial charge in [-0.1, -0.05) is 23.2 Å². The highest BCUT2D eigenvalue weighted by Crippen LogP contribution is 2.23. The molecule has 0 spiro atoms. The summed E-state index contributed by atoms with van der Waals surface area (Å²) in [6.07, 6.45) is 1.91. The lowest BCUT2D eigenvalue weighted by molar-refractivity contribution is -0.139. The van der Waals surface area contributed by atoms with Crippen LogP contribution in [0.5, 0.6) is 0 Å². The number of hydrogen-bond donors (Lipinski definition) is 2. The van der Waals surface area contributed by atoms with E-state index in [0.717, 1.165) is 5.56 Å². The number of carboxylic acids is 1. The molecule has 1 aromatic rings. The van der Waals surface area contributed by atoms with Crippen molar-refractivity contribution in [3.63, 3.8) is 0 Å². The molecule has 0 aromatic carbocycles. The molecule has 0 aliphatic carbocycles. The maximum atomic E-state index is 10.8. The third kappa shape index (κ3) is 4.72. The molecule has 0 aliphatic heterocycles. The summed E-state index contributed by atoms with van der Waals surface area (Å²) >= 11 is 12.9. The predicted octanol–water partition coefficient (Wildman–Crippen LogP) is 1.82. The Balaban J connectivity index is 2.49. The van der Waals surface area contributed by atoms with Gasteiger partial charge in [0, 0.05) is 22.7 Å². The Morgan fingerprint density at radius 2 is 2.33 bits per heavy atom. The monoisotopic (exact) mass is 308 g/mol. The number of aromatic nitrogens is 1. The molecular weight excluding hydrogens is 299 g/mol. The summed E-state index contributed by atoms with van der Waals surface area (Å²) in [4.78, 5) is 24.9. The summed E-state index contributed by atoms with van der Waals surface area (Å²) < 4.78 is 0. The number of carbonyl (C=O) groups excluding carboxylic acids is 1. The molecule has 0 saturated heterocycles. The molecule has 2 N–H and O–H groups in total. The van der Waals surface area contributed by atoms with Gasteiger partial charge in [0.1, 0.15) is 11.2 Å². The van der Waals surface area contributed by atoms with Gasteiger partial charge in [0.15, 0.2) is 0 Å². The smallest absolute Gasteiger partial charge is 0.327 e. The fraction of sp³-hybridized carbons (Fsp3) is 0.300. The van der Waals surface area contributed by atoms with E-state index in [0.29, 0.717) is 22.3 Å². The summed E-state index contributed by atoms with van der Waals surface area (Å²) in [6.45, 7) is 0. The van der Waals surface area contributed by atoms with Crippen LogP contribution in [0.3, 0.4) is 0 Å². The minimum absolute atomic E-state index is 0.243. The average Bonchev–Trinajstić information content (AvgIpc) is 2.30. The highest BCUT2D eigenvalue weighted by Gasteiger charge is 2.16. The molecule has 8 heteroatoms. The minimum atomic E-state index is -1.07. The van der Waals surface area contributed by atoms with Crippen molar-refractivity contribution in [1.29, 1.82) is 0 Å². The minimum Gasteiger partial charge on any atom is -0.480 e. The van der Waals surface area contributed by atoms with Crippen LogP contribution in [-0.2, 0) is 15.3 Å². The van der Waals surface area contributed by atoms with Gasteiger partial charge in [-0.15, -0.1) is 0 Å². The molecule has 0 radical (unpaired) electrons. The van der Waals surface area contributed by atoms with E-state index < -0.39 is 12.0 Å². The zero-order valence-corrected chi connectivity index (χ0v) is 11.4. The highest BCUT2D eigenvalue weighted by molar-refractivity contribution is 7.98. The van der Waals surface area contributed by atoms with Crippen LogP contribution in [0.1, 0.15) is 5.56 Å². The zero-order chi connectivity index (χ0) is 13.5. The van der Waals surface area contributed by atoms with Gasteiger partial charge in [0.05, 0.1) is 0 Å². The maximum absolute atomic E-state index is 10.8. The summed E-state index contributed by atoms with van der Waals surface area (Å²) in [5.74, 6) is -0.338. The van der Waals surface area contributed by atoms with Gasteiger partial charge in [-0.3, -0.25) is 4.79 Å². The van der Waals surface area contributed by atoms with Gasteiger partial charge in [0.25, 0.3) is 0 Å². The van der Waals surface area contributed by atoms with E-state index in [9.17, 15) is 9.59 Å². The first kappa shape index (κ1) is 15.1. The molecular formula is C10H10Cl2N2O3S. The number of thioether (sulfide) groups is 1. The Bertz CT molecular complexity index is 445. The fourth-order valence-corrected chi connectivity index (χ4v) is 2.66. The van der Waals surface area contributed by atoms with E-state index in [1.807, 2.05) is 0 Å². The Morgan fingerprint density at radius 1 is 1.61 bits per heavy atom. The largest absolute Gasteiger partial charge is 0.480 e. The number of hydrogen-bond acceptors (Lipinski definition) is 4. The second kappa shape index (κ2) is 7.45. The second-order valence-electron chi connectivity index (χ2n) is 3.29. The number of aliphatic carboxylic acids is 1. The number of carbonyl (C=O) groups is 2. The van der Waals surface area contributed by atoms with Crippen LogP contribution in [0, 0.1) is 0 Å². The molecule has 0 bridgehead atoms. The van der Waals surface area contributed by atoms with Gasteiger partial charge in [-0.2, -0.15) is 11.8 Å². The molecule has 1 amide bonds. The summed E-state index contributed by atoms with van der Waals surface area (Å²) in [7, 11) is 0. The number of carboxylic acid groups (broad SMARTS) is 1. The summed E-state index contributed by atoms with van der Waals surface area (Å²) in [5.41, 5.74) is 0.765. The lowest BCUT2D eigenvalue weighted by Crippen LogP contribution is -2.37. The van der Waals surface area contributed by atoms with Crippen LogP contribution < -0.4 is 5.32 Å². The third-order valence-electron chi connectivity index (χ3n) is 2.01. The fourth-order valence-electron chi connectivity index (χ4n) is 1.10. The Hall–Kier alpha value is -0.980. The van der Waals surface area contributed by atoms with Crippen molar-refractivity contribution in [3.8, 4) is 0 Å². The van der Waals surface area contributed by atoms with E-state index >= 15 is 0 Å². The molecule has 1 rings (SSSR count). The van der Waals surface area contributed by atoms with E-state index in [4.69, 9.17) is 28.3 Å². The van der Waals surface area contributed by atoms with Crippen LogP contribution in [0.4, 0.5) is 0 Å². The first-order valence-electron chi connectivity index (χ1n) is 4.84. The first-order valence-corrected chi connectivity index (χ1v) is 6.76. The van der Waals surface area contributed by atoms with Gasteiger partial charge >= 0.3 is 5.97 Å². The van der Waals surface area contributed by atoms with Gasteiger partial charge < -0.3 is 10.4 Å².